The largest absolute Gasteiger partial charge is 0.322 e. The lowest BCUT2D eigenvalue weighted by molar-refractivity contribution is 0.100. The highest BCUT2D eigenvalue weighted by Crippen LogP contribution is 2.28. The number of carbonyl (C=O) groups is 1. The standard InChI is InChI=1S/C16H13BrN2O/c17-13-7-5-11(6-8-13)15(20)10-19-14-4-2-1-3-12(14)9-16(19)18/h1-8,18H,9-10H2. The van der Waals surface area contributed by atoms with Crippen molar-refractivity contribution in [2.45, 2.75) is 6.42 Å². The Morgan fingerprint density at radius 2 is 1.85 bits per heavy atom. The number of para-hydroxylation sites is 1. The normalized spacial score (nSPS) is 13.4. The predicted octanol–water partition coefficient (Wildman–Crippen LogP) is 3.67. The van der Waals surface area contributed by atoms with Crippen LogP contribution in [0.3, 0.4) is 0 Å². The summed E-state index contributed by atoms with van der Waals surface area (Å²) in [6.07, 6.45) is 0.601. The van der Waals surface area contributed by atoms with Crippen molar-refractivity contribution in [3.05, 3.63) is 64.1 Å². The Morgan fingerprint density at radius 3 is 2.60 bits per heavy atom. The summed E-state index contributed by atoms with van der Waals surface area (Å²) < 4.78 is 0.952. The van der Waals surface area contributed by atoms with E-state index < -0.39 is 0 Å². The number of hydrogen-bond acceptors (Lipinski definition) is 2. The van der Waals surface area contributed by atoms with Gasteiger partial charge in [-0.15, -0.1) is 0 Å². The first kappa shape index (κ1) is 13.1. The minimum absolute atomic E-state index is 0.0268. The second-order valence-corrected chi connectivity index (χ2v) is 5.68. The van der Waals surface area contributed by atoms with Gasteiger partial charge in [-0.1, -0.05) is 46.3 Å². The van der Waals surface area contributed by atoms with Crippen molar-refractivity contribution in [1.29, 1.82) is 5.41 Å². The van der Waals surface area contributed by atoms with Gasteiger partial charge in [-0.3, -0.25) is 10.2 Å². The summed E-state index contributed by atoms with van der Waals surface area (Å²) in [6, 6.07) is 15.2. The average Bonchev–Trinajstić information content (AvgIpc) is 2.76. The van der Waals surface area contributed by atoms with E-state index in [1.165, 1.54) is 0 Å². The fourth-order valence-electron chi connectivity index (χ4n) is 2.40. The molecule has 2 aromatic rings. The summed E-state index contributed by atoms with van der Waals surface area (Å²) in [6.45, 7) is 0.220. The molecule has 0 aromatic heterocycles. The molecule has 20 heavy (non-hydrogen) atoms. The van der Waals surface area contributed by atoms with Crippen molar-refractivity contribution >= 4 is 33.2 Å². The molecular formula is C16H13BrN2O. The van der Waals surface area contributed by atoms with E-state index in [-0.39, 0.29) is 12.3 Å². The molecule has 0 saturated heterocycles. The van der Waals surface area contributed by atoms with Crippen LogP contribution in [0, 0.1) is 5.41 Å². The highest BCUT2D eigenvalue weighted by molar-refractivity contribution is 9.10. The van der Waals surface area contributed by atoms with E-state index in [0.717, 1.165) is 15.7 Å². The quantitative estimate of drug-likeness (QED) is 0.873. The fraction of sp³-hybridized carbons (Fsp3) is 0.125. The van der Waals surface area contributed by atoms with E-state index >= 15 is 0 Å². The zero-order valence-corrected chi connectivity index (χ0v) is 12.4. The van der Waals surface area contributed by atoms with Gasteiger partial charge in [0.25, 0.3) is 0 Å². The Hall–Kier alpha value is -1.94. The van der Waals surface area contributed by atoms with Crippen molar-refractivity contribution in [1.82, 2.24) is 0 Å². The van der Waals surface area contributed by atoms with Crippen LogP contribution in [-0.2, 0) is 6.42 Å². The SMILES string of the molecule is N=C1Cc2ccccc2N1CC(=O)c1ccc(Br)cc1. The maximum Gasteiger partial charge on any atom is 0.182 e. The van der Waals surface area contributed by atoms with Gasteiger partial charge in [0.2, 0.25) is 0 Å². The minimum Gasteiger partial charge on any atom is -0.322 e. The molecule has 100 valence electrons. The molecule has 0 fully saturated rings. The number of amidine groups is 1. The van der Waals surface area contributed by atoms with E-state index in [2.05, 4.69) is 15.9 Å². The Bertz CT molecular complexity index is 679. The molecule has 3 nitrogen and oxygen atoms in total. The first-order chi connectivity index (χ1) is 9.65. The number of rotatable bonds is 3. The van der Waals surface area contributed by atoms with Gasteiger partial charge in [0.05, 0.1) is 6.54 Å². The maximum atomic E-state index is 12.3. The molecule has 1 N–H and O–H groups in total. The van der Waals surface area contributed by atoms with Gasteiger partial charge in [-0.25, -0.2) is 0 Å². The summed E-state index contributed by atoms with van der Waals surface area (Å²) in [4.78, 5) is 14.1. The van der Waals surface area contributed by atoms with Crippen LogP contribution in [0.1, 0.15) is 15.9 Å². The van der Waals surface area contributed by atoms with Gasteiger partial charge >= 0.3 is 0 Å². The van der Waals surface area contributed by atoms with Crippen LogP contribution < -0.4 is 4.90 Å². The van der Waals surface area contributed by atoms with Crippen LogP contribution in [0.5, 0.6) is 0 Å². The third-order valence-electron chi connectivity index (χ3n) is 3.43. The van der Waals surface area contributed by atoms with Crippen molar-refractivity contribution in [2.24, 2.45) is 0 Å². The number of ketones is 1. The van der Waals surface area contributed by atoms with Crippen molar-refractivity contribution in [2.75, 3.05) is 11.4 Å². The molecule has 0 atom stereocenters. The molecule has 1 aliphatic rings. The van der Waals surface area contributed by atoms with Crippen LogP contribution >= 0.6 is 15.9 Å². The predicted molar refractivity (Wildman–Crippen MR) is 83.7 cm³/mol. The highest BCUT2D eigenvalue weighted by atomic mass is 79.9. The summed E-state index contributed by atoms with van der Waals surface area (Å²) in [5.41, 5.74) is 2.76. The smallest absolute Gasteiger partial charge is 0.182 e. The Kier molecular flexibility index (Phi) is 3.40. The Morgan fingerprint density at radius 1 is 1.15 bits per heavy atom. The van der Waals surface area contributed by atoms with Crippen LogP contribution in [-0.4, -0.2) is 18.2 Å². The third kappa shape index (κ3) is 2.39. The molecule has 0 unspecified atom stereocenters. The summed E-state index contributed by atoms with van der Waals surface area (Å²) >= 11 is 3.36. The minimum atomic E-state index is 0.0268. The summed E-state index contributed by atoms with van der Waals surface area (Å²) in [7, 11) is 0. The van der Waals surface area contributed by atoms with Crippen molar-refractivity contribution < 1.29 is 4.79 Å². The first-order valence-corrected chi connectivity index (χ1v) is 7.16. The van der Waals surface area contributed by atoms with E-state index in [0.29, 0.717) is 17.8 Å². The number of halogens is 1. The van der Waals surface area contributed by atoms with Gasteiger partial charge < -0.3 is 4.90 Å². The molecule has 0 saturated carbocycles. The highest BCUT2D eigenvalue weighted by Gasteiger charge is 2.25. The first-order valence-electron chi connectivity index (χ1n) is 6.37. The Balaban J connectivity index is 1.83. The molecule has 3 rings (SSSR count). The number of fused-ring (bicyclic) bond motifs is 1. The van der Waals surface area contributed by atoms with E-state index in [1.54, 1.807) is 17.0 Å². The molecule has 0 bridgehead atoms. The van der Waals surface area contributed by atoms with Crippen LogP contribution in [0.2, 0.25) is 0 Å². The van der Waals surface area contributed by atoms with E-state index in [4.69, 9.17) is 5.41 Å². The zero-order valence-electron chi connectivity index (χ0n) is 10.8. The average molecular weight is 329 g/mol. The Labute approximate surface area is 125 Å². The zero-order chi connectivity index (χ0) is 14.1. The molecular weight excluding hydrogens is 316 g/mol. The van der Waals surface area contributed by atoms with Crippen molar-refractivity contribution in [3.8, 4) is 0 Å². The molecule has 0 radical (unpaired) electrons. The lowest BCUT2D eigenvalue weighted by atomic mass is 10.1. The monoisotopic (exact) mass is 328 g/mol. The van der Waals surface area contributed by atoms with Crippen LogP contribution in [0.25, 0.3) is 0 Å². The topological polar surface area (TPSA) is 44.2 Å². The summed E-state index contributed by atoms with van der Waals surface area (Å²) in [5, 5.41) is 8.05. The number of anilines is 1. The second-order valence-electron chi connectivity index (χ2n) is 4.77. The van der Waals surface area contributed by atoms with Crippen LogP contribution in [0.15, 0.2) is 53.0 Å². The molecule has 0 spiro atoms. The lowest BCUT2D eigenvalue weighted by Gasteiger charge is -2.18. The maximum absolute atomic E-state index is 12.3. The van der Waals surface area contributed by atoms with Gasteiger partial charge in [-0.2, -0.15) is 0 Å². The molecule has 0 aliphatic carbocycles. The number of benzene rings is 2. The molecule has 1 aliphatic heterocycles. The molecule has 0 amide bonds. The van der Waals surface area contributed by atoms with Gasteiger partial charge in [-0.05, 0) is 23.8 Å². The van der Waals surface area contributed by atoms with Crippen molar-refractivity contribution in [3.63, 3.8) is 0 Å². The molecule has 1 heterocycles. The van der Waals surface area contributed by atoms with Gasteiger partial charge in [0, 0.05) is 22.1 Å². The number of nitrogens with zero attached hydrogens (tertiary/aromatic N) is 1. The van der Waals surface area contributed by atoms with Crippen LogP contribution in [0.4, 0.5) is 5.69 Å². The lowest BCUT2D eigenvalue weighted by Crippen LogP contribution is -2.32. The second kappa shape index (κ2) is 5.21. The number of hydrogen-bond donors (Lipinski definition) is 1. The van der Waals surface area contributed by atoms with E-state index in [1.807, 2.05) is 36.4 Å². The number of Topliss-reactive ketones (excluding diaryl/α,β-unsaturated/α-hetero) is 1. The molecule has 2 aromatic carbocycles. The summed E-state index contributed by atoms with van der Waals surface area (Å²) in [5.74, 6) is 0.510. The molecule has 4 heteroatoms. The van der Waals surface area contributed by atoms with Gasteiger partial charge in [0.1, 0.15) is 5.84 Å². The number of nitrogens with one attached hydrogen (secondary N) is 1. The van der Waals surface area contributed by atoms with Gasteiger partial charge in [0.15, 0.2) is 5.78 Å². The number of carbonyl (C=O) groups excluding carboxylic acids is 1. The third-order valence-corrected chi connectivity index (χ3v) is 3.96. The fourth-order valence-corrected chi connectivity index (χ4v) is 2.66. The van der Waals surface area contributed by atoms with E-state index in [9.17, 15) is 4.79 Å².